The van der Waals surface area contributed by atoms with Gasteiger partial charge in [0.1, 0.15) is 5.67 Å². The van der Waals surface area contributed by atoms with E-state index in [2.05, 4.69) is 4.98 Å². The van der Waals surface area contributed by atoms with Crippen LogP contribution in [0.2, 0.25) is 0 Å². The highest BCUT2D eigenvalue weighted by molar-refractivity contribution is 5.98. The Kier molecular flexibility index (Phi) is 4.76. The van der Waals surface area contributed by atoms with Crippen molar-refractivity contribution in [2.45, 2.75) is 57.2 Å². The number of nitrogens with zero attached hydrogens (tertiary/aromatic N) is 4. The molecule has 32 heavy (non-hydrogen) atoms. The minimum Gasteiger partial charge on any atom is -0.439 e. The minimum absolute atomic E-state index is 0.214. The van der Waals surface area contributed by atoms with Crippen LogP contribution >= 0.6 is 0 Å². The van der Waals surface area contributed by atoms with Crippen LogP contribution in [0.5, 0.6) is 0 Å². The molecule has 3 heterocycles. The molecule has 0 radical (unpaired) electrons. The molecule has 0 unspecified atom stereocenters. The van der Waals surface area contributed by atoms with Gasteiger partial charge in [-0.05, 0) is 57.1 Å². The zero-order valence-corrected chi connectivity index (χ0v) is 18.6. The maximum Gasteiger partial charge on any atom is 0.417 e. The van der Waals surface area contributed by atoms with Crippen molar-refractivity contribution in [1.82, 2.24) is 19.4 Å². The maximum atomic E-state index is 15.1. The Morgan fingerprint density at radius 3 is 2.41 bits per heavy atom. The number of cyclic esters (lactones) is 1. The number of alkyl halides is 1. The number of hydrogen-bond acceptors (Lipinski definition) is 5. The molecule has 5 rings (SSSR count). The van der Waals surface area contributed by atoms with Crippen LogP contribution < -0.4 is 0 Å². The molecule has 1 aromatic carbocycles. The topological polar surface area (TPSA) is 84.7 Å². The van der Waals surface area contributed by atoms with Gasteiger partial charge >= 0.3 is 6.09 Å². The lowest BCUT2D eigenvalue weighted by molar-refractivity contribution is -0.127. The summed E-state index contributed by atoms with van der Waals surface area (Å²) in [5, 5.41) is 0. The van der Waals surface area contributed by atoms with Gasteiger partial charge in [-0.3, -0.25) is 9.59 Å². The Morgan fingerprint density at radius 2 is 1.84 bits per heavy atom. The Hall–Kier alpha value is -2.97. The molecule has 1 saturated carbocycles. The highest BCUT2D eigenvalue weighted by atomic mass is 19.1. The third-order valence-electron chi connectivity index (χ3n) is 6.79. The summed E-state index contributed by atoms with van der Waals surface area (Å²) in [7, 11) is 1.79. The second kappa shape index (κ2) is 7.28. The Labute approximate surface area is 185 Å². The lowest BCUT2D eigenvalue weighted by atomic mass is 9.95. The normalized spacial score (nSPS) is 20.4. The predicted octanol–water partition coefficient (Wildman–Crippen LogP) is 3.24. The standard InChI is InChI=1S/C23H27FN4O4/c1-23(2,24)16-10-14(13-4-5-13)11-17-19(16)25-20(26(17)3)21(30)27-8-6-15(7-9-27)28-18(29)12-32-22(28)31/h10-11,13,15H,4-9,12H2,1-3H3. The molecule has 1 aromatic heterocycles. The van der Waals surface area contributed by atoms with Crippen molar-refractivity contribution in [3.63, 3.8) is 0 Å². The third kappa shape index (κ3) is 3.43. The molecule has 2 aromatic rings. The lowest BCUT2D eigenvalue weighted by Gasteiger charge is -2.34. The van der Waals surface area contributed by atoms with Crippen molar-refractivity contribution in [3.05, 3.63) is 29.1 Å². The van der Waals surface area contributed by atoms with Crippen LogP contribution in [0.3, 0.4) is 0 Å². The van der Waals surface area contributed by atoms with E-state index in [1.54, 1.807) is 16.5 Å². The number of aryl methyl sites for hydroxylation is 1. The number of ether oxygens (including phenoxy) is 1. The van der Waals surface area contributed by atoms with Crippen LogP contribution in [0.4, 0.5) is 9.18 Å². The third-order valence-corrected chi connectivity index (χ3v) is 6.79. The van der Waals surface area contributed by atoms with Gasteiger partial charge in [-0.25, -0.2) is 19.1 Å². The van der Waals surface area contributed by atoms with E-state index in [9.17, 15) is 14.4 Å². The molecule has 1 aliphatic carbocycles. The van der Waals surface area contributed by atoms with E-state index >= 15 is 4.39 Å². The Bertz CT molecular complexity index is 1110. The molecule has 0 atom stereocenters. The largest absolute Gasteiger partial charge is 0.439 e. The molecule has 2 saturated heterocycles. The molecule has 0 N–H and O–H groups in total. The second-order valence-electron chi connectivity index (χ2n) is 9.52. The number of carbonyl (C=O) groups excluding carboxylic acids is 3. The molecular formula is C23H27FN4O4. The molecule has 0 spiro atoms. The van der Waals surface area contributed by atoms with E-state index in [-0.39, 0.29) is 30.3 Å². The van der Waals surface area contributed by atoms with E-state index in [4.69, 9.17) is 4.74 Å². The van der Waals surface area contributed by atoms with E-state index in [1.165, 1.54) is 18.7 Å². The fraction of sp³-hybridized carbons (Fsp3) is 0.565. The van der Waals surface area contributed by atoms with Crippen LogP contribution in [0.1, 0.15) is 67.2 Å². The van der Waals surface area contributed by atoms with Gasteiger partial charge in [-0.15, -0.1) is 0 Å². The maximum absolute atomic E-state index is 15.1. The molecule has 0 bridgehead atoms. The van der Waals surface area contributed by atoms with Crippen molar-refractivity contribution < 1.29 is 23.5 Å². The number of halogens is 1. The summed E-state index contributed by atoms with van der Waals surface area (Å²) in [5.41, 5.74) is 1.32. The summed E-state index contributed by atoms with van der Waals surface area (Å²) >= 11 is 0. The molecular weight excluding hydrogens is 415 g/mol. The Balaban J connectivity index is 1.41. The van der Waals surface area contributed by atoms with Gasteiger partial charge in [0.05, 0.1) is 11.0 Å². The summed E-state index contributed by atoms with van der Waals surface area (Å²) < 4.78 is 21.6. The molecule has 8 nitrogen and oxygen atoms in total. The molecule has 9 heteroatoms. The Morgan fingerprint density at radius 1 is 1.16 bits per heavy atom. The number of piperidine rings is 1. The number of rotatable bonds is 4. The lowest BCUT2D eigenvalue weighted by Crippen LogP contribution is -2.48. The van der Waals surface area contributed by atoms with Gasteiger partial charge in [0.25, 0.3) is 11.8 Å². The van der Waals surface area contributed by atoms with Crippen LogP contribution in [-0.2, 0) is 22.2 Å². The number of fused-ring (bicyclic) bond motifs is 1. The number of imidazole rings is 1. The first-order valence-electron chi connectivity index (χ1n) is 11.1. The zero-order valence-electron chi connectivity index (χ0n) is 18.6. The van der Waals surface area contributed by atoms with Crippen molar-refractivity contribution in [3.8, 4) is 0 Å². The van der Waals surface area contributed by atoms with E-state index in [0.29, 0.717) is 42.9 Å². The quantitative estimate of drug-likeness (QED) is 0.726. The fourth-order valence-corrected chi connectivity index (χ4v) is 4.79. The van der Waals surface area contributed by atoms with E-state index in [1.807, 2.05) is 12.1 Å². The summed E-state index contributed by atoms with van der Waals surface area (Å²) in [6.45, 7) is 3.62. The molecule has 3 amide bonds. The molecule has 2 aliphatic heterocycles. The number of amides is 3. The molecule has 3 aliphatic rings. The number of carbonyl (C=O) groups is 3. The SMILES string of the molecule is Cn1c(C(=O)N2CCC(N3C(=O)COC3=O)CC2)nc2c(C(C)(C)F)cc(C3CC3)cc21. The number of aromatic nitrogens is 2. The van der Waals surface area contributed by atoms with E-state index < -0.39 is 11.8 Å². The first-order valence-corrected chi connectivity index (χ1v) is 11.1. The number of hydrogen-bond donors (Lipinski definition) is 0. The predicted molar refractivity (Wildman–Crippen MR) is 114 cm³/mol. The van der Waals surface area contributed by atoms with Crippen molar-refractivity contribution >= 4 is 28.9 Å². The summed E-state index contributed by atoms with van der Waals surface area (Å²) in [4.78, 5) is 44.5. The average Bonchev–Trinajstić information content (AvgIpc) is 3.48. The number of imide groups is 1. The average molecular weight is 442 g/mol. The van der Waals surface area contributed by atoms with Crippen molar-refractivity contribution in [1.29, 1.82) is 0 Å². The minimum atomic E-state index is -1.58. The number of benzene rings is 1. The second-order valence-corrected chi connectivity index (χ2v) is 9.52. The zero-order chi connectivity index (χ0) is 22.8. The first-order chi connectivity index (χ1) is 15.1. The summed E-state index contributed by atoms with van der Waals surface area (Å²) in [6, 6.07) is 3.67. The van der Waals surface area contributed by atoms with Gasteiger partial charge in [0.15, 0.2) is 12.4 Å². The smallest absolute Gasteiger partial charge is 0.417 e. The summed E-state index contributed by atoms with van der Waals surface area (Å²) in [6.07, 6.45) is 2.58. The van der Waals surface area contributed by atoms with Gasteiger partial charge < -0.3 is 14.2 Å². The first kappa shape index (κ1) is 20.9. The van der Waals surface area contributed by atoms with Gasteiger partial charge in [0, 0.05) is 31.7 Å². The van der Waals surface area contributed by atoms with Crippen LogP contribution in [0, 0.1) is 0 Å². The fourth-order valence-electron chi connectivity index (χ4n) is 4.79. The van der Waals surface area contributed by atoms with Crippen LogP contribution in [-0.4, -0.2) is 63.0 Å². The molecule has 170 valence electrons. The van der Waals surface area contributed by atoms with Crippen LogP contribution in [0.15, 0.2) is 12.1 Å². The highest BCUT2D eigenvalue weighted by Gasteiger charge is 2.39. The highest BCUT2D eigenvalue weighted by Crippen LogP contribution is 2.43. The van der Waals surface area contributed by atoms with Gasteiger partial charge in [0.2, 0.25) is 0 Å². The molecule has 3 fully saturated rings. The van der Waals surface area contributed by atoms with Crippen molar-refractivity contribution in [2.24, 2.45) is 7.05 Å². The summed E-state index contributed by atoms with van der Waals surface area (Å²) in [5.74, 6) is 0.165. The van der Waals surface area contributed by atoms with E-state index in [0.717, 1.165) is 23.9 Å². The van der Waals surface area contributed by atoms with Crippen LogP contribution in [0.25, 0.3) is 11.0 Å². The number of likely N-dealkylation sites (tertiary alicyclic amines) is 1. The van der Waals surface area contributed by atoms with Gasteiger partial charge in [-0.1, -0.05) is 6.07 Å². The van der Waals surface area contributed by atoms with Gasteiger partial charge in [-0.2, -0.15) is 0 Å². The monoisotopic (exact) mass is 442 g/mol. The van der Waals surface area contributed by atoms with Crippen molar-refractivity contribution in [2.75, 3.05) is 19.7 Å².